The zero-order chi connectivity index (χ0) is 16.0. The fourth-order valence-electron chi connectivity index (χ4n) is 2.03. The van der Waals surface area contributed by atoms with Crippen LogP contribution < -0.4 is 10.5 Å². The fourth-order valence-corrected chi connectivity index (χ4v) is 2.54. The molecule has 0 radical (unpaired) electrons. The third-order valence-electron chi connectivity index (χ3n) is 3.51. The maximum absolute atomic E-state index is 12.0. The van der Waals surface area contributed by atoms with Gasteiger partial charge in [-0.05, 0) is 31.0 Å². The quantitative estimate of drug-likeness (QED) is 0.809. The van der Waals surface area contributed by atoms with Gasteiger partial charge in [0.2, 0.25) is 15.9 Å². The van der Waals surface area contributed by atoms with Gasteiger partial charge in [0.05, 0.1) is 10.9 Å². The zero-order valence-corrected chi connectivity index (χ0v) is 13.6. The van der Waals surface area contributed by atoms with E-state index in [1.807, 2.05) is 13.8 Å². The van der Waals surface area contributed by atoms with Crippen LogP contribution in [0.15, 0.2) is 29.2 Å². The maximum Gasteiger partial charge on any atom is 0.238 e. The van der Waals surface area contributed by atoms with Crippen LogP contribution in [0.3, 0.4) is 0 Å². The van der Waals surface area contributed by atoms with Crippen molar-refractivity contribution in [1.82, 2.24) is 5.32 Å². The molecule has 118 valence electrons. The molecule has 0 aliphatic heterocycles. The van der Waals surface area contributed by atoms with Gasteiger partial charge in [0.15, 0.2) is 0 Å². The number of unbranched alkanes of at least 4 members (excludes halogenated alkanes) is 1. The van der Waals surface area contributed by atoms with E-state index in [9.17, 15) is 13.2 Å². The highest BCUT2D eigenvalue weighted by molar-refractivity contribution is 7.89. The van der Waals surface area contributed by atoms with Crippen molar-refractivity contribution in [2.24, 2.45) is 11.1 Å². The van der Waals surface area contributed by atoms with Gasteiger partial charge in [-0.25, -0.2) is 13.6 Å². The Hall–Kier alpha value is -1.40. The molecule has 1 rings (SSSR count). The van der Waals surface area contributed by atoms with E-state index < -0.39 is 10.0 Å². The minimum absolute atomic E-state index is 0.0175. The summed E-state index contributed by atoms with van der Waals surface area (Å²) in [6, 6.07) is 6.07. The molecule has 1 amide bonds. The van der Waals surface area contributed by atoms with E-state index in [0.717, 1.165) is 24.8 Å². The minimum Gasteiger partial charge on any atom is -0.349 e. The fraction of sp³-hybridized carbons (Fsp3) is 0.533. The van der Waals surface area contributed by atoms with Crippen molar-refractivity contribution in [1.29, 1.82) is 0 Å². The summed E-state index contributed by atoms with van der Waals surface area (Å²) >= 11 is 0. The zero-order valence-electron chi connectivity index (χ0n) is 12.8. The van der Waals surface area contributed by atoms with E-state index in [2.05, 4.69) is 12.2 Å². The lowest BCUT2D eigenvalue weighted by molar-refractivity contribution is -0.125. The van der Waals surface area contributed by atoms with Crippen molar-refractivity contribution in [3.8, 4) is 0 Å². The first-order valence-electron chi connectivity index (χ1n) is 7.18. The van der Waals surface area contributed by atoms with Gasteiger partial charge in [-0.3, -0.25) is 4.79 Å². The number of benzene rings is 1. The molecule has 0 spiro atoms. The molecule has 0 bridgehead atoms. The molecule has 0 aliphatic carbocycles. The van der Waals surface area contributed by atoms with E-state index in [1.165, 1.54) is 12.1 Å². The molecule has 5 nitrogen and oxygen atoms in total. The number of amides is 1. The normalized spacial score (nSPS) is 14.5. The second-order valence-corrected chi connectivity index (χ2v) is 6.95. The van der Waals surface area contributed by atoms with Crippen LogP contribution in [0.5, 0.6) is 0 Å². The molecule has 1 aromatic rings. The van der Waals surface area contributed by atoms with Gasteiger partial charge >= 0.3 is 0 Å². The van der Waals surface area contributed by atoms with E-state index in [0.29, 0.717) is 0 Å². The van der Waals surface area contributed by atoms with Crippen LogP contribution in [0.1, 0.15) is 51.6 Å². The number of rotatable bonds is 7. The van der Waals surface area contributed by atoms with Crippen LogP contribution in [-0.4, -0.2) is 14.3 Å². The molecule has 0 fully saturated rings. The standard InChI is InChI=1S/C15H24N2O3S/c1-4-5-6-11(2)15(18)17-12(3)13-7-9-14(10-8-13)21(16,19)20/h7-12H,4-6H2,1-3H3,(H,17,18)(H2,16,19,20)/t11-,12-/m0/s1. The van der Waals surface area contributed by atoms with Crippen LogP contribution in [0.25, 0.3) is 0 Å². The lowest BCUT2D eigenvalue weighted by atomic mass is 10.0. The van der Waals surface area contributed by atoms with Crippen LogP contribution in [0.2, 0.25) is 0 Å². The van der Waals surface area contributed by atoms with Gasteiger partial charge in [-0.1, -0.05) is 38.8 Å². The first-order valence-corrected chi connectivity index (χ1v) is 8.73. The minimum atomic E-state index is -3.68. The van der Waals surface area contributed by atoms with Crippen molar-refractivity contribution in [3.63, 3.8) is 0 Å². The van der Waals surface area contributed by atoms with Crippen LogP contribution in [0, 0.1) is 5.92 Å². The Bertz CT molecular complexity index is 567. The number of carbonyl (C=O) groups excluding carboxylic acids is 1. The predicted molar refractivity (Wildman–Crippen MR) is 83.1 cm³/mol. The Morgan fingerprint density at radius 2 is 1.81 bits per heavy atom. The molecule has 21 heavy (non-hydrogen) atoms. The molecule has 0 saturated carbocycles. The number of hydrogen-bond acceptors (Lipinski definition) is 3. The Balaban J connectivity index is 2.67. The molecule has 0 heterocycles. The van der Waals surface area contributed by atoms with Gasteiger partial charge in [-0.15, -0.1) is 0 Å². The third-order valence-corrected chi connectivity index (χ3v) is 4.43. The van der Waals surface area contributed by atoms with Gasteiger partial charge in [0, 0.05) is 5.92 Å². The second-order valence-electron chi connectivity index (χ2n) is 5.39. The summed E-state index contributed by atoms with van der Waals surface area (Å²) in [6.45, 7) is 5.89. The van der Waals surface area contributed by atoms with Crippen LogP contribution in [0.4, 0.5) is 0 Å². The predicted octanol–water partition coefficient (Wildman–Crippen LogP) is 2.34. The monoisotopic (exact) mass is 312 g/mol. The molecule has 1 aromatic carbocycles. The number of carbonyl (C=O) groups is 1. The Morgan fingerprint density at radius 1 is 1.24 bits per heavy atom. The summed E-state index contributed by atoms with van der Waals surface area (Å²) in [5.74, 6) is 0.00238. The number of hydrogen-bond donors (Lipinski definition) is 2. The molecule has 0 saturated heterocycles. The number of nitrogens with two attached hydrogens (primary N) is 1. The Kier molecular flexibility index (Phi) is 6.36. The molecule has 0 unspecified atom stereocenters. The summed E-state index contributed by atoms with van der Waals surface area (Å²) in [4.78, 5) is 12.1. The highest BCUT2D eigenvalue weighted by Gasteiger charge is 2.16. The number of sulfonamides is 1. The van der Waals surface area contributed by atoms with E-state index in [1.54, 1.807) is 12.1 Å². The van der Waals surface area contributed by atoms with Crippen molar-refractivity contribution < 1.29 is 13.2 Å². The molecule has 0 aromatic heterocycles. The van der Waals surface area contributed by atoms with Crippen molar-refractivity contribution in [2.75, 3.05) is 0 Å². The summed E-state index contributed by atoms with van der Waals surface area (Å²) in [5, 5.41) is 8.00. The molecular formula is C15H24N2O3S. The van der Waals surface area contributed by atoms with Gasteiger partial charge in [0.25, 0.3) is 0 Å². The van der Waals surface area contributed by atoms with Crippen molar-refractivity contribution >= 4 is 15.9 Å². The average Bonchev–Trinajstić information content (AvgIpc) is 2.43. The Morgan fingerprint density at radius 3 is 2.29 bits per heavy atom. The molecular weight excluding hydrogens is 288 g/mol. The molecule has 2 atom stereocenters. The van der Waals surface area contributed by atoms with E-state index in [4.69, 9.17) is 5.14 Å². The molecule has 6 heteroatoms. The van der Waals surface area contributed by atoms with E-state index >= 15 is 0 Å². The lowest BCUT2D eigenvalue weighted by Gasteiger charge is -2.18. The first kappa shape index (κ1) is 17.7. The molecule has 0 aliphatic rings. The van der Waals surface area contributed by atoms with Gasteiger partial charge in [0.1, 0.15) is 0 Å². The van der Waals surface area contributed by atoms with Crippen molar-refractivity contribution in [3.05, 3.63) is 29.8 Å². The van der Waals surface area contributed by atoms with Gasteiger partial charge in [-0.2, -0.15) is 0 Å². The number of primary sulfonamides is 1. The highest BCUT2D eigenvalue weighted by Crippen LogP contribution is 2.17. The summed E-state index contributed by atoms with van der Waals surface area (Å²) in [6.07, 6.45) is 2.98. The van der Waals surface area contributed by atoms with Crippen molar-refractivity contribution in [2.45, 2.75) is 51.0 Å². The van der Waals surface area contributed by atoms with Crippen LogP contribution >= 0.6 is 0 Å². The van der Waals surface area contributed by atoms with E-state index in [-0.39, 0.29) is 22.8 Å². The number of nitrogens with one attached hydrogen (secondary N) is 1. The highest BCUT2D eigenvalue weighted by atomic mass is 32.2. The summed E-state index contributed by atoms with van der Waals surface area (Å²) < 4.78 is 22.4. The smallest absolute Gasteiger partial charge is 0.238 e. The molecule has 3 N–H and O–H groups in total. The van der Waals surface area contributed by atoms with Crippen LogP contribution in [-0.2, 0) is 14.8 Å². The largest absolute Gasteiger partial charge is 0.349 e. The SMILES string of the molecule is CCCC[C@H](C)C(=O)N[C@@H](C)c1ccc(S(N)(=O)=O)cc1. The first-order chi connectivity index (χ1) is 9.75. The third kappa shape index (κ3) is 5.47. The summed E-state index contributed by atoms with van der Waals surface area (Å²) in [7, 11) is -3.68. The second kappa shape index (κ2) is 7.56. The summed E-state index contributed by atoms with van der Waals surface area (Å²) in [5.41, 5.74) is 0.846. The Labute approximate surface area is 127 Å². The van der Waals surface area contributed by atoms with Gasteiger partial charge < -0.3 is 5.32 Å². The topological polar surface area (TPSA) is 89.3 Å². The average molecular weight is 312 g/mol. The maximum atomic E-state index is 12.0. The lowest BCUT2D eigenvalue weighted by Crippen LogP contribution is -2.31.